The summed E-state index contributed by atoms with van der Waals surface area (Å²) in [5.41, 5.74) is 0.365. The third kappa shape index (κ3) is 3.52. The van der Waals surface area contributed by atoms with E-state index in [0.717, 1.165) is 30.4 Å². The van der Waals surface area contributed by atoms with Gasteiger partial charge in [-0.1, -0.05) is 31.7 Å². The first-order chi connectivity index (χ1) is 7.66. The molecule has 0 bridgehead atoms. The van der Waals surface area contributed by atoms with Gasteiger partial charge in [0.05, 0.1) is 0 Å². The van der Waals surface area contributed by atoms with Crippen molar-refractivity contribution in [2.45, 2.75) is 20.3 Å². The summed E-state index contributed by atoms with van der Waals surface area (Å²) in [6, 6.07) is 4.29. The van der Waals surface area contributed by atoms with E-state index < -0.39 is 0 Å². The maximum Gasteiger partial charge on any atom is 0.156 e. The highest BCUT2D eigenvalue weighted by atomic mass is 32.2. The van der Waals surface area contributed by atoms with Gasteiger partial charge in [0.15, 0.2) is 5.17 Å². The lowest BCUT2D eigenvalue weighted by atomic mass is 9.97. The zero-order chi connectivity index (χ0) is 11.4. The van der Waals surface area contributed by atoms with Crippen molar-refractivity contribution in [3.05, 3.63) is 22.4 Å². The van der Waals surface area contributed by atoms with Gasteiger partial charge < -0.3 is 5.32 Å². The van der Waals surface area contributed by atoms with Crippen molar-refractivity contribution in [2.75, 3.05) is 18.8 Å². The number of nitrogens with one attached hydrogen (secondary N) is 1. The van der Waals surface area contributed by atoms with E-state index in [-0.39, 0.29) is 0 Å². The monoisotopic (exact) mass is 254 g/mol. The van der Waals surface area contributed by atoms with E-state index in [9.17, 15) is 0 Å². The minimum absolute atomic E-state index is 0.365. The maximum absolute atomic E-state index is 4.57. The van der Waals surface area contributed by atoms with Gasteiger partial charge in [0, 0.05) is 23.7 Å². The van der Waals surface area contributed by atoms with Crippen molar-refractivity contribution in [3.8, 4) is 0 Å². The maximum atomic E-state index is 4.57. The number of aliphatic imine (C=N–C) groups is 1. The standard InChI is InChI=1S/C12H18N2S2/c1-12(2)8-14-11(16-9-12)13-6-5-10-4-3-7-15-10/h3-4,7H,5-6,8-9H2,1-2H3,(H,13,14). The smallest absolute Gasteiger partial charge is 0.156 e. The highest BCUT2D eigenvalue weighted by Gasteiger charge is 2.22. The van der Waals surface area contributed by atoms with Crippen LogP contribution in [0.25, 0.3) is 0 Å². The van der Waals surface area contributed by atoms with Crippen LogP contribution in [0.15, 0.2) is 22.5 Å². The lowest BCUT2D eigenvalue weighted by Crippen LogP contribution is -2.32. The summed E-state index contributed by atoms with van der Waals surface area (Å²) in [6.45, 7) is 6.48. The molecule has 2 rings (SSSR count). The molecule has 2 nitrogen and oxygen atoms in total. The Morgan fingerprint density at radius 3 is 3.00 bits per heavy atom. The van der Waals surface area contributed by atoms with Crippen LogP contribution in [-0.2, 0) is 6.42 Å². The topological polar surface area (TPSA) is 24.4 Å². The second kappa shape index (κ2) is 5.23. The Morgan fingerprint density at radius 2 is 2.38 bits per heavy atom. The minimum atomic E-state index is 0.365. The molecule has 1 aromatic rings. The molecular formula is C12H18N2S2. The van der Waals surface area contributed by atoms with Gasteiger partial charge in [0.2, 0.25) is 0 Å². The van der Waals surface area contributed by atoms with Gasteiger partial charge in [-0.05, 0) is 23.3 Å². The predicted molar refractivity (Wildman–Crippen MR) is 74.6 cm³/mol. The Labute approximate surface area is 106 Å². The van der Waals surface area contributed by atoms with Crippen LogP contribution in [0.5, 0.6) is 0 Å². The van der Waals surface area contributed by atoms with E-state index >= 15 is 0 Å². The number of thiophene rings is 1. The van der Waals surface area contributed by atoms with Crippen molar-refractivity contribution >= 4 is 28.3 Å². The normalized spacial score (nSPS) is 19.2. The number of amidine groups is 1. The Morgan fingerprint density at radius 1 is 1.50 bits per heavy atom. The van der Waals surface area contributed by atoms with Crippen LogP contribution in [0.2, 0.25) is 0 Å². The van der Waals surface area contributed by atoms with Crippen molar-refractivity contribution < 1.29 is 0 Å². The molecule has 2 heterocycles. The molecule has 1 aliphatic rings. The second-order valence-electron chi connectivity index (χ2n) is 4.83. The van der Waals surface area contributed by atoms with Crippen molar-refractivity contribution in [1.29, 1.82) is 0 Å². The highest BCUT2D eigenvalue weighted by molar-refractivity contribution is 8.13. The summed E-state index contributed by atoms with van der Waals surface area (Å²) in [4.78, 5) is 6.01. The molecule has 0 saturated heterocycles. The molecule has 16 heavy (non-hydrogen) atoms. The fourth-order valence-corrected chi connectivity index (χ4v) is 3.18. The molecule has 1 aliphatic heterocycles. The molecule has 1 aromatic heterocycles. The van der Waals surface area contributed by atoms with Crippen LogP contribution in [0, 0.1) is 5.41 Å². The van der Waals surface area contributed by atoms with Gasteiger partial charge in [-0.15, -0.1) is 11.3 Å². The van der Waals surface area contributed by atoms with Crippen LogP contribution in [0.3, 0.4) is 0 Å². The van der Waals surface area contributed by atoms with Gasteiger partial charge in [0.25, 0.3) is 0 Å². The van der Waals surface area contributed by atoms with Crippen LogP contribution >= 0.6 is 23.1 Å². The molecule has 0 atom stereocenters. The molecule has 0 saturated carbocycles. The van der Waals surface area contributed by atoms with E-state index in [1.807, 2.05) is 23.1 Å². The molecule has 0 aromatic carbocycles. The van der Waals surface area contributed by atoms with E-state index in [1.165, 1.54) is 4.88 Å². The summed E-state index contributed by atoms with van der Waals surface area (Å²) >= 11 is 3.67. The predicted octanol–water partition coefficient (Wildman–Crippen LogP) is 3.01. The van der Waals surface area contributed by atoms with Crippen molar-refractivity contribution in [1.82, 2.24) is 5.32 Å². The van der Waals surface area contributed by atoms with Gasteiger partial charge >= 0.3 is 0 Å². The summed E-state index contributed by atoms with van der Waals surface area (Å²) < 4.78 is 0. The third-order valence-corrected chi connectivity index (χ3v) is 4.89. The fraction of sp³-hybridized carbons (Fsp3) is 0.583. The Kier molecular flexibility index (Phi) is 3.92. The lowest BCUT2D eigenvalue weighted by Gasteiger charge is -2.27. The Balaban J connectivity index is 1.73. The van der Waals surface area contributed by atoms with Crippen molar-refractivity contribution in [2.24, 2.45) is 10.4 Å². The van der Waals surface area contributed by atoms with Crippen LogP contribution < -0.4 is 5.32 Å². The minimum Gasteiger partial charge on any atom is -0.365 e. The van der Waals surface area contributed by atoms with E-state index in [0.29, 0.717) is 5.41 Å². The molecule has 4 heteroatoms. The zero-order valence-corrected chi connectivity index (χ0v) is 11.5. The van der Waals surface area contributed by atoms with Gasteiger partial charge in [-0.3, -0.25) is 4.99 Å². The summed E-state index contributed by atoms with van der Waals surface area (Å²) in [5.74, 6) is 1.16. The number of thioether (sulfide) groups is 1. The quantitative estimate of drug-likeness (QED) is 0.896. The van der Waals surface area contributed by atoms with Crippen LogP contribution in [0.4, 0.5) is 0 Å². The zero-order valence-electron chi connectivity index (χ0n) is 9.82. The molecule has 0 aliphatic carbocycles. The van der Waals surface area contributed by atoms with E-state index in [4.69, 9.17) is 0 Å². The number of nitrogens with zero attached hydrogens (tertiary/aromatic N) is 1. The molecule has 0 spiro atoms. The summed E-state index contributed by atoms with van der Waals surface area (Å²) in [5, 5.41) is 6.67. The largest absolute Gasteiger partial charge is 0.365 e. The average Bonchev–Trinajstić information content (AvgIpc) is 2.73. The van der Waals surface area contributed by atoms with E-state index in [2.05, 4.69) is 41.7 Å². The first kappa shape index (κ1) is 12.0. The number of hydrogen-bond donors (Lipinski definition) is 1. The first-order valence-electron chi connectivity index (χ1n) is 5.59. The SMILES string of the molecule is CC1(C)CN=C(NCCc2cccs2)SC1. The van der Waals surface area contributed by atoms with Gasteiger partial charge in [0.1, 0.15) is 0 Å². The second-order valence-corrected chi connectivity index (χ2v) is 6.83. The van der Waals surface area contributed by atoms with Crippen LogP contribution in [-0.4, -0.2) is 24.0 Å². The summed E-state index contributed by atoms with van der Waals surface area (Å²) in [7, 11) is 0. The number of rotatable bonds is 3. The molecule has 0 fully saturated rings. The third-order valence-electron chi connectivity index (χ3n) is 2.48. The lowest BCUT2D eigenvalue weighted by molar-refractivity contribution is 0.437. The molecule has 0 amide bonds. The van der Waals surface area contributed by atoms with E-state index in [1.54, 1.807) is 0 Å². The highest BCUT2D eigenvalue weighted by Crippen LogP contribution is 2.26. The molecule has 0 radical (unpaired) electrons. The number of hydrogen-bond acceptors (Lipinski definition) is 4. The Bertz CT molecular complexity index is 355. The van der Waals surface area contributed by atoms with Gasteiger partial charge in [-0.25, -0.2) is 0 Å². The summed E-state index contributed by atoms with van der Waals surface area (Å²) in [6.07, 6.45) is 1.10. The van der Waals surface area contributed by atoms with Crippen LogP contribution in [0.1, 0.15) is 18.7 Å². The molecule has 88 valence electrons. The first-order valence-corrected chi connectivity index (χ1v) is 7.46. The molecular weight excluding hydrogens is 236 g/mol. The van der Waals surface area contributed by atoms with Gasteiger partial charge in [-0.2, -0.15) is 0 Å². The average molecular weight is 254 g/mol. The fourth-order valence-electron chi connectivity index (χ4n) is 1.50. The Hall–Kier alpha value is -0.480. The van der Waals surface area contributed by atoms with Crippen molar-refractivity contribution in [3.63, 3.8) is 0 Å². The molecule has 1 N–H and O–H groups in total. The molecule has 0 unspecified atom stereocenters.